The van der Waals surface area contributed by atoms with Crippen molar-refractivity contribution in [2.24, 2.45) is 0 Å². The molecule has 0 spiro atoms. The largest absolute Gasteiger partial charge is 0.488 e. The van der Waals surface area contributed by atoms with Gasteiger partial charge < -0.3 is 23.3 Å². The van der Waals surface area contributed by atoms with Crippen molar-refractivity contribution in [2.45, 2.75) is 38.3 Å². The predicted octanol–water partition coefficient (Wildman–Crippen LogP) is -1.07. The average Bonchev–Trinajstić information content (AvgIpc) is 2.10. The minimum Gasteiger partial charge on any atom is -0.390 e. The second kappa shape index (κ2) is 7.07. The van der Waals surface area contributed by atoms with E-state index in [2.05, 4.69) is 4.12 Å². The van der Waals surface area contributed by atoms with Crippen LogP contribution < -0.4 is 0 Å². The molecule has 0 atom stereocenters. The predicted molar refractivity (Wildman–Crippen MR) is 67.0 cm³/mol. The summed E-state index contributed by atoms with van der Waals surface area (Å²) >= 11 is 0. The molecule has 0 unspecified atom stereocenters. The molecule has 0 radical (unpaired) electrons. The van der Waals surface area contributed by atoms with Gasteiger partial charge in [-0.25, -0.2) is 0 Å². The third-order valence-electron chi connectivity index (χ3n) is 2.09. The fourth-order valence-corrected chi connectivity index (χ4v) is 6.38. The van der Waals surface area contributed by atoms with Gasteiger partial charge in [0.25, 0.3) is 10.1 Å². The van der Waals surface area contributed by atoms with E-state index in [0.29, 0.717) is 12.8 Å². The SMILES string of the molecule is CCCC[Si](O)(O)O[Si](O)(O)CCCS(=O)(=O)O. The van der Waals surface area contributed by atoms with Crippen molar-refractivity contribution < 1.29 is 36.3 Å². The zero-order chi connectivity index (χ0) is 14.4. The van der Waals surface area contributed by atoms with Gasteiger partial charge in [-0.3, -0.25) is 4.55 Å². The molecule has 0 aromatic rings. The Morgan fingerprint density at radius 3 is 1.83 bits per heavy atom. The Morgan fingerprint density at radius 2 is 1.44 bits per heavy atom. The highest BCUT2D eigenvalue weighted by molar-refractivity contribution is 7.85. The first kappa shape index (κ1) is 18.1. The van der Waals surface area contributed by atoms with Gasteiger partial charge in [0.1, 0.15) is 0 Å². The van der Waals surface area contributed by atoms with Gasteiger partial charge in [0.2, 0.25) is 0 Å². The molecule has 0 rings (SSSR count). The molecular formula is C7H20O8SSi2. The topological polar surface area (TPSA) is 145 Å². The Bertz CT molecular complexity index is 341. The molecule has 0 aliphatic carbocycles. The van der Waals surface area contributed by atoms with Crippen molar-refractivity contribution in [1.82, 2.24) is 0 Å². The van der Waals surface area contributed by atoms with Gasteiger partial charge in [-0.05, 0) is 12.8 Å². The molecule has 0 amide bonds. The fourth-order valence-electron chi connectivity index (χ4n) is 1.26. The van der Waals surface area contributed by atoms with Crippen molar-refractivity contribution in [1.29, 1.82) is 0 Å². The van der Waals surface area contributed by atoms with Crippen LogP contribution in [0, 0.1) is 0 Å². The van der Waals surface area contributed by atoms with Crippen LogP contribution in [-0.2, 0) is 14.2 Å². The Kier molecular flexibility index (Phi) is 7.12. The van der Waals surface area contributed by atoms with E-state index in [0.717, 1.165) is 0 Å². The second-order valence-electron chi connectivity index (χ2n) is 4.08. The van der Waals surface area contributed by atoms with E-state index >= 15 is 0 Å². The van der Waals surface area contributed by atoms with Gasteiger partial charge in [0.05, 0.1) is 5.75 Å². The van der Waals surface area contributed by atoms with Crippen LogP contribution in [0.5, 0.6) is 0 Å². The maximum absolute atomic E-state index is 10.4. The lowest BCUT2D eigenvalue weighted by molar-refractivity contribution is 0.153. The first-order chi connectivity index (χ1) is 7.97. The normalized spacial score (nSPS) is 13.9. The maximum atomic E-state index is 10.4. The minimum absolute atomic E-state index is 0.0440. The highest BCUT2D eigenvalue weighted by Crippen LogP contribution is 2.17. The Hall–Kier alpha value is 0.144. The van der Waals surface area contributed by atoms with Crippen molar-refractivity contribution >= 4 is 27.7 Å². The molecule has 0 aromatic carbocycles. The first-order valence-corrected chi connectivity index (χ1v) is 11.2. The first-order valence-electron chi connectivity index (χ1n) is 5.52. The molecule has 5 N–H and O–H groups in total. The van der Waals surface area contributed by atoms with Crippen molar-refractivity contribution in [3.05, 3.63) is 0 Å². The molecule has 0 aliphatic rings. The molecule has 0 aromatic heterocycles. The molecule has 0 aliphatic heterocycles. The van der Waals surface area contributed by atoms with Gasteiger partial charge >= 0.3 is 17.6 Å². The van der Waals surface area contributed by atoms with Crippen LogP contribution in [-0.4, -0.2) is 55.5 Å². The average molecular weight is 320 g/mol. The molecule has 0 fully saturated rings. The quantitative estimate of drug-likeness (QED) is 0.267. The van der Waals surface area contributed by atoms with Gasteiger partial charge in [-0.2, -0.15) is 8.42 Å². The zero-order valence-corrected chi connectivity index (χ0v) is 12.9. The number of rotatable bonds is 9. The van der Waals surface area contributed by atoms with Crippen LogP contribution >= 0.6 is 0 Å². The molecule has 11 heteroatoms. The molecule has 8 nitrogen and oxygen atoms in total. The van der Waals surface area contributed by atoms with Crippen LogP contribution in [0.1, 0.15) is 26.2 Å². The number of hydrogen-bond donors (Lipinski definition) is 5. The highest BCUT2D eigenvalue weighted by Gasteiger charge is 2.44. The molecule has 18 heavy (non-hydrogen) atoms. The van der Waals surface area contributed by atoms with Crippen molar-refractivity contribution in [2.75, 3.05) is 5.75 Å². The van der Waals surface area contributed by atoms with Crippen molar-refractivity contribution in [3.8, 4) is 0 Å². The second-order valence-corrected chi connectivity index (χ2v) is 10.4. The number of unbranched alkanes of at least 4 members (excludes halogenated alkanes) is 1. The Labute approximate surface area is 108 Å². The summed E-state index contributed by atoms with van der Waals surface area (Å²) in [5, 5.41) is 0. The molecular weight excluding hydrogens is 300 g/mol. The summed E-state index contributed by atoms with van der Waals surface area (Å²) in [4.78, 5) is 37.8. The summed E-state index contributed by atoms with van der Waals surface area (Å²) in [5.41, 5.74) is 0. The summed E-state index contributed by atoms with van der Waals surface area (Å²) in [6, 6.07) is -0.466. The van der Waals surface area contributed by atoms with Crippen LogP contribution in [0.2, 0.25) is 12.1 Å². The third-order valence-corrected chi connectivity index (χ3v) is 7.52. The fraction of sp³-hybridized carbons (Fsp3) is 1.00. The lowest BCUT2D eigenvalue weighted by Gasteiger charge is -2.25. The molecule has 0 saturated heterocycles. The van der Waals surface area contributed by atoms with E-state index in [1.807, 2.05) is 6.92 Å². The Morgan fingerprint density at radius 1 is 1.00 bits per heavy atom. The van der Waals surface area contributed by atoms with Crippen LogP contribution in [0.15, 0.2) is 0 Å². The van der Waals surface area contributed by atoms with Crippen molar-refractivity contribution in [3.63, 3.8) is 0 Å². The van der Waals surface area contributed by atoms with Gasteiger partial charge in [0, 0.05) is 12.1 Å². The highest BCUT2D eigenvalue weighted by atomic mass is 32.2. The lowest BCUT2D eigenvalue weighted by atomic mass is 10.4. The lowest BCUT2D eigenvalue weighted by Crippen LogP contribution is -2.53. The van der Waals surface area contributed by atoms with E-state index in [9.17, 15) is 27.6 Å². The summed E-state index contributed by atoms with van der Waals surface area (Å²) in [6.07, 6.45) is 0.957. The number of hydrogen-bond acceptors (Lipinski definition) is 7. The van der Waals surface area contributed by atoms with Crippen LogP contribution in [0.3, 0.4) is 0 Å². The monoisotopic (exact) mass is 320 g/mol. The third kappa shape index (κ3) is 10.1. The smallest absolute Gasteiger partial charge is 0.390 e. The summed E-state index contributed by atoms with van der Waals surface area (Å²) < 4.78 is 33.9. The zero-order valence-electron chi connectivity index (χ0n) is 10.1. The summed E-state index contributed by atoms with van der Waals surface area (Å²) in [6.45, 7) is 1.83. The molecule has 110 valence electrons. The molecule has 0 heterocycles. The molecule has 0 saturated carbocycles. The van der Waals surface area contributed by atoms with E-state index in [4.69, 9.17) is 4.55 Å². The Balaban J connectivity index is 4.20. The van der Waals surface area contributed by atoms with Crippen LogP contribution in [0.25, 0.3) is 0 Å². The van der Waals surface area contributed by atoms with E-state index < -0.39 is 39.5 Å². The minimum atomic E-state index is -4.30. The van der Waals surface area contributed by atoms with Gasteiger partial charge in [-0.15, -0.1) is 0 Å². The maximum Gasteiger partial charge on any atom is 0.488 e. The summed E-state index contributed by atoms with van der Waals surface area (Å²) in [5.74, 6) is -0.632. The van der Waals surface area contributed by atoms with Crippen LogP contribution in [0.4, 0.5) is 0 Å². The molecule has 0 bridgehead atoms. The van der Waals surface area contributed by atoms with E-state index in [-0.39, 0.29) is 12.5 Å². The van der Waals surface area contributed by atoms with E-state index in [1.165, 1.54) is 0 Å². The van der Waals surface area contributed by atoms with Gasteiger partial charge in [0.15, 0.2) is 0 Å². The van der Waals surface area contributed by atoms with Gasteiger partial charge in [-0.1, -0.05) is 13.3 Å². The van der Waals surface area contributed by atoms with E-state index in [1.54, 1.807) is 0 Å². The standard InChI is InChI=1S/C7H20O8SSi2/c1-2-3-6-17(11,12)15-18(13,14)7-4-5-16(8,9)10/h11-14H,2-7H2,1H3,(H,8,9,10). The summed E-state index contributed by atoms with van der Waals surface area (Å²) in [7, 11) is -12.6.